The van der Waals surface area contributed by atoms with Crippen LogP contribution in [0.5, 0.6) is 0 Å². The van der Waals surface area contributed by atoms with E-state index >= 15 is 0 Å². The molecule has 24 heavy (non-hydrogen) atoms. The van der Waals surface area contributed by atoms with E-state index < -0.39 is 0 Å². The van der Waals surface area contributed by atoms with E-state index in [-0.39, 0.29) is 11.9 Å². The molecule has 2 aliphatic carbocycles. The van der Waals surface area contributed by atoms with Gasteiger partial charge in [0.2, 0.25) is 0 Å². The van der Waals surface area contributed by atoms with Crippen LogP contribution in [0.1, 0.15) is 97.8 Å². The Morgan fingerprint density at radius 1 is 0.958 bits per heavy atom. The normalized spacial score (nSPS) is 32.3. The van der Waals surface area contributed by atoms with Crippen LogP contribution in [0, 0.1) is 29.6 Å². The van der Waals surface area contributed by atoms with Crippen molar-refractivity contribution in [2.45, 2.75) is 97.8 Å². The van der Waals surface area contributed by atoms with Crippen LogP contribution >= 0.6 is 0 Å². The number of hydrogen-bond acceptors (Lipinski definition) is 2. The molecule has 0 radical (unpaired) electrons. The van der Waals surface area contributed by atoms with Crippen LogP contribution in [-0.4, -0.2) is 12.6 Å². The second-order valence-corrected chi connectivity index (χ2v) is 8.68. The summed E-state index contributed by atoms with van der Waals surface area (Å²) in [5.74, 6) is 3.60. The molecule has 0 bridgehead atoms. The summed E-state index contributed by atoms with van der Waals surface area (Å²) in [5, 5.41) is 0. The summed E-state index contributed by atoms with van der Waals surface area (Å²) in [6.45, 7) is 7.22. The standard InChI is InChI=1S/C22H40O2/c1-4-6-7-18-8-10-19(11-9-18)20-12-14-21(15-13-20)22(23)24-16-17(3)5-2/h17-21H,4-16H2,1-3H3/t17-,18-,19-,20-,21-/m0/s1. The SMILES string of the molecule is CCCC[C@H]1CC[C@H]([C@H]2CC[C@H](C(=O)OC[C@@H](C)CC)CC2)CC1. The number of hydrogen-bond donors (Lipinski definition) is 0. The molecule has 2 heteroatoms. The van der Waals surface area contributed by atoms with Gasteiger partial charge in [0.15, 0.2) is 0 Å². The first kappa shape index (κ1) is 19.8. The molecule has 1 atom stereocenters. The van der Waals surface area contributed by atoms with Gasteiger partial charge >= 0.3 is 5.97 Å². The highest BCUT2D eigenvalue weighted by atomic mass is 16.5. The first-order chi connectivity index (χ1) is 11.6. The summed E-state index contributed by atoms with van der Waals surface area (Å²) in [4.78, 5) is 12.2. The first-order valence-corrected chi connectivity index (χ1v) is 10.8. The van der Waals surface area contributed by atoms with Crippen molar-refractivity contribution < 1.29 is 9.53 Å². The average molecular weight is 337 g/mol. The maximum Gasteiger partial charge on any atom is 0.308 e. The van der Waals surface area contributed by atoms with Gasteiger partial charge in [-0.05, 0) is 62.2 Å². The highest BCUT2D eigenvalue weighted by Crippen LogP contribution is 2.42. The van der Waals surface area contributed by atoms with E-state index in [1.807, 2.05) is 0 Å². The third-order valence-electron chi connectivity index (χ3n) is 6.84. The molecular weight excluding hydrogens is 296 g/mol. The predicted octanol–water partition coefficient (Wildman–Crippen LogP) is 6.38. The predicted molar refractivity (Wildman–Crippen MR) is 101 cm³/mol. The topological polar surface area (TPSA) is 26.3 Å². The number of carbonyl (C=O) groups excluding carboxylic acids is 1. The molecule has 0 saturated heterocycles. The zero-order valence-electron chi connectivity index (χ0n) is 16.4. The minimum atomic E-state index is 0.0806. The third kappa shape index (κ3) is 6.08. The number of esters is 1. The summed E-state index contributed by atoms with van der Waals surface area (Å²) in [5.41, 5.74) is 0. The van der Waals surface area contributed by atoms with Gasteiger partial charge in [-0.25, -0.2) is 0 Å². The van der Waals surface area contributed by atoms with Gasteiger partial charge in [0.1, 0.15) is 0 Å². The Bertz CT molecular complexity index is 349. The summed E-state index contributed by atoms with van der Waals surface area (Å²) in [6.07, 6.45) is 15.8. The van der Waals surface area contributed by atoms with E-state index in [0.29, 0.717) is 12.5 Å². The summed E-state index contributed by atoms with van der Waals surface area (Å²) < 4.78 is 5.53. The van der Waals surface area contributed by atoms with Gasteiger partial charge in [-0.1, -0.05) is 59.3 Å². The van der Waals surface area contributed by atoms with Crippen LogP contribution in [0.4, 0.5) is 0 Å². The van der Waals surface area contributed by atoms with Crippen molar-refractivity contribution in [3.8, 4) is 0 Å². The first-order valence-electron chi connectivity index (χ1n) is 10.8. The lowest BCUT2D eigenvalue weighted by molar-refractivity contribution is -0.151. The number of unbranched alkanes of at least 4 members (excludes halogenated alkanes) is 1. The molecule has 2 nitrogen and oxygen atoms in total. The summed E-state index contributed by atoms with van der Waals surface area (Å²) >= 11 is 0. The van der Waals surface area contributed by atoms with Crippen molar-refractivity contribution in [2.24, 2.45) is 29.6 Å². The van der Waals surface area contributed by atoms with Crippen molar-refractivity contribution >= 4 is 5.97 Å². The Balaban J connectivity index is 1.65. The van der Waals surface area contributed by atoms with Crippen LogP contribution in [-0.2, 0) is 9.53 Å². The van der Waals surface area contributed by atoms with Gasteiger partial charge in [0, 0.05) is 0 Å². The molecule has 0 aliphatic heterocycles. The lowest BCUT2D eigenvalue weighted by Gasteiger charge is -2.37. The van der Waals surface area contributed by atoms with Gasteiger partial charge in [-0.3, -0.25) is 4.79 Å². The van der Waals surface area contributed by atoms with Crippen molar-refractivity contribution in [1.29, 1.82) is 0 Å². The van der Waals surface area contributed by atoms with Crippen molar-refractivity contribution in [1.82, 2.24) is 0 Å². The highest BCUT2D eigenvalue weighted by molar-refractivity contribution is 5.72. The fourth-order valence-electron chi connectivity index (χ4n) is 4.73. The second kappa shape index (κ2) is 10.5. The van der Waals surface area contributed by atoms with Gasteiger partial charge in [0.25, 0.3) is 0 Å². The lowest BCUT2D eigenvalue weighted by atomic mass is 9.68. The number of carbonyl (C=O) groups is 1. The molecule has 0 aromatic carbocycles. The quantitative estimate of drug-likeness (QED) is 0.481. The Morgan fingerprint density at radius 3 is 2.08 bits per heavy atom. The molecule has 2 aliphatic rings. The fraction of sp³-hybridized carbons (Fsp3) is 0.955. The average Bonchev–Trinajstić information content (AvgIpc) is 2.64. The molecule has 2 saturated carbocycles. The minimum absolute atomic E-state index is 0.0806. The molecule has 0 heterocycles. The highest BCUT2D eigenvalue weighted by Gasteiger charge is 2.33. The van der Waals surface area contributed by atoms with Crippen LogP contribution in [0.25, 0.3) is 0 Å². The Hall–Kier alpha value is -0.530. The molecule has 2 rings (SSSR count). The molecule has 0 spiro atoms. The molecule has 2 fully saturated rings. The largest absolute Gasteiger partial charge is 0.465 e. The number of rotatable bonds is 8. The van der Waals surface area contributed by atoms with E-state index in [1.54, 1.807) is 0 Å². The van der Waals surface area contributed by atoms with Gasteiger partial charge in [-0.2, -0.15) is 0 Å². The van der Waals surface area contributed by atoms with Gasteiger partial charge < -0.3 is 4.74 Å². The molecule has 0 amide bonds. The number of ether oxygens (including phenoxy) is 1. The molecule has 0 unspecified atom stereocenters. The van der Waals surface area contributed by atoms with Crippen LogP contribution in [0.2, 0.25) is 0 Å². The molecule has 140 valence electrons. The zero-order chi connectivity index (χ0) is 17.4. The zero-order valence-corrected chi connectivity index (χ0v) is 16.4. The Morgan fingerprint density at radius 2 is 1.54 bits per heavy atom. The maximum atomic E-state index is 12.2. The summed E-state index contributed by atoms with van der Waals surface area (Å²) in [6, 6.07) is 0. The van der Waals surface area contributed by atoms with E-state index in [0.717, 1.165) is 37.0 Å². The van der Waals surface area contributed by atoms with E-state index in [9.17, 15) is 4.79 Å². The molecular formula is C22H40O2. The second-order valence-electron chi connectivity index (χ2n) is 8.68. The molecule has 0 aromatic heterocycles. The maximum absolute atomic E-state index is 12.2. The minimum Gasteiger partial charge on any atom is -0.465 e. The smallest absolute Gasteiger partial charge is 0.308 e. The monoisotopic (exact) mass is 336 g/mol. The van der Waals surface area contributed by atoms with E-state index in [4.69, 9.17) is 4.74 Å². The summed E-state index contributed by atoms with van der Waals surface area (Å²) in [7, 11) is 0. The van der Waals surface area contributed by atoms with E-state index in [2.05, 4.69) is 20.8 Å². The fourth-order valence-corrected chi connectivity index (χ4v) is 4.73. The molecule has 0 N–H and O–H groups in total. The van der Waals surface area contributed by atoms with Gasteiger partial charge in [-0.15, -0.1) is 0 Å². The van der Waals surface area contributed by atoms with Crippen molar-refractivity contribution in [3.05, 3.63) is 0 Å². The Kier molecular flexibility index (Phi) is 8.62. The lowest BCUT2D eigenvalue weighted by Crippen LogP contribution is -2.29. The van der Waals surface area contributed by atoms with E-state index in [1.165, 1.54) is 57.8 Å². The van der Waals surface area contributed by atoms with Crippen LogP contribution in [0.15, 0.2) is 0 Å². The van der Waals surface area contributed by atoms with Gasteiger partial charge in [0.05, 0.1) is 12.5 Å². The Labute approximate surface area is 150 Å². The van der Waals surface area contributed by atoms with Crippen molar-refractivity contribution in [3.63, 3.8) is 0 Å². The van der Waals surface area contributed by atoms with Crippen LogP contribution < -0.4 is 0 Å². The van der Waals surface area contributed by atoms with Crippen LogP contribution in [0.3, 0.4) is 0 Å². The third-order valence-corrected chi connectivity index (χ3v) is 6.84. The molecule has 0 aromatic rings. The van der Waals surface area contributed by atoms with Crippen molar-refractivity contribution in [2.75, 3.05) is 6.61 Å².